The molecule has 1 unspecified atom stereocenters. The Morgan fingerprint density at radius 2 is 2.00 bits per heavy atom. The summed E-state index contributed by atoms with van der Waals surface area (Å²) in [5.41, 5.74) is 0. The van der Waals surface area contributed by atoms with Gasteiger partial charge in [-0.15, -0.1) is 0 Å². The Balaban J connectivity index is 2.14. The maximum atomic E-state index is 8.75. The molecule has 1 saturated heterocycles. The van der Waals surface area contributed by atoms with Gasteiger partial charge in [-0.05, 0) is 51.4 Å². The van der Waals surface area contributed by atoms with Crippen molar-refractivity contribution in [3.63, 3.8) is 0 Å². The van der Waals surface area contributed by atoms with Crippen LogP contribution in [0.4, 0.5) is 0 Å². The molecule has 1 atom stereocenters. The Morgan fingerprint density at radius 3 is 2.62 bits per heavy atom. The van der Waals surface area contributed by atoms with Crippen molar-refractivity contribution in [2.24, 2.45) is 5.92 Å². The number of hydrogen-bond donors (Lipinski definition) is 1. The van der Waals surface area contributed by atoms with Crippen molar-refractivity contribution in [2.45, 2.75) is 33.1 Å². The lowest BCUT2D eigenvalue weighted by Gasteiger charge is -2.22. The predicted molar refractivity (Wildman–Crippen MR) is 68.7 cm³/mol. The van der Waals surface area contributed by atoms with Crippen LogP contribution >= 0.6 is 0 Å². The molecule has 0 aromatic rings. The van der Waals surface area contributed by atoms with E-state index in [1.807, 2.05) is 0 Å². The molecule has 0 radical (unpaired) electrons. The molecule has 1 heterocycles. The number of hydrogen-bond acceptors (Lipinski definition) is 3. The smallest absolute Gasteiger partial charge is 0.0431 e. The molecular weight excluding hydrogens is 200 g/mol. The average Bonchev–Trinajstić information content (AvgIpc) is 2.74. The van der Waals surface area contributed by atoms with Gasteiger partial charge < -0.3 is 14.9 Å². The molecule has 0 spiro atoms. The van der Waals surface area contributed by atoms with Gasteiger partial charge in [0.05, 0.1) is 0 Å². The Kier molecular flexibility index (Phi) is 7.01. The maximum absolute atomic E-state index is 8.75. The predicted octanol–water partition coefficient (Wildman–Crippen LogP) is 1.42. The molecule has 0 aromatic heterocycles. The van der Waals surface area contributed by atoms with Crippen molar-refractivity contribution in [3.05, 3.63) is 0 Å². The van der Waals surface area contributed by atoms with Gasteiger partial charge in [-0.2, -0.15) is 0 Å². The molecule has 0 bridgehead atoms. The first kappa shape index (κ1) is 13.9. The second-order valence-electron chi connectivity index (χ2n) is 4.87. The molecule has 1 rings (SSSR count). The molecule has 0 aliphatic carbocycles. The van der Waals surface area contributed by atoms with E-state index in [0.717, 1.165) is 18.8 Å². The summed E-state index contributed by atoms with van der Waals surface area (Å²) in [6.07, 6.45) is 3.46. The molecule has 16 heavy (non-hydrogen) atoms. The first-order valence-electron chi connectivity index (χ1n) is 6.85. The molecule has 96 valence electrons. The zero-order chi connectivity index (χ0) is 11.8. The van der Waals surface area contributed by atoms with Crippen molar-refractivity contribution in [2.75, 3.05) is 45.9 Å². The fourth-order valence-electron chi connectivity index (χ4n) is 2.56. The summed E-state index contributed by atoms with van der Waals surface area (Å²) in [5, 5.41) is 8.75. The SMILES string of the molecule is CCN(CC)CC1CCN(CCCCO)C1. The van der Waals surface area contributed by atoms with Crippen molar-refractivity contribution >= 4 is 0 Å². The number of rotatable bonds is 8. The minimum Gasteiger partial charge on any atom is -0.396 e. The lowest BCUT2D eigenvalue weighted by molar-refractivity contribution is 0.236. The number of unbranched alkanes of at least 4 members (excludes halogenated alkanes) is 1. The Hall–Kier alpha value is -0.120. The average molecular weight is 228 g/mol. The van der Waals surface area contributed by atoms with E-state index in [-0.39, 0.29) is 0 Å². The van der Waals surface area contributed by atoms with Crippen molar-refractivity contribution < 1.29 is 5.11 Å². The molecule has 0 saturated carbocycles. The lowest BCUT2D eigenvalue weighted by Crippen LogP contribution is -2.31. The maximum Gasteiger partial charge on any atom is 0.0431 e. The van der Waals surface area contributed by atoms with Gasteiger partial charge in [0.1, 0.15) is 0 Å². The van der Waals surface area contributed by atoms with Crippen LogP contribution in [0.2, 0.25) is 0 Å². The molecule has 1 fully saturated rings. The number of aliphatic hydroxyl groups is 1. The van der Waals surface area contributed by atoms with Crippen molar-refractivity contribution in [1.82, 2.24) is 9.80 Å². The minimum absolute atomic E-state index is 0.344. The summed E-state index contributed by atoms with van der Waals surface area (Å²) in [4.78, 5) is 5.09. The highest BCUT2D eigenvalue weighted by molar-refractivity contribution is 4.77. The van der Waals surface area contributed by atoms with Gasteiger partial charge in [0.25, 0.3) is 0 Å². The van der Waals surface area contributed by atoms with E-state index in [1.54, 1.807) is 0 Å². The Bertz CT molecular complexity index is 171. The quantitative estimate of drug-likeness (QED) is 0.637. The molecule has 3 heteroatoms. The third kappa shape index (κ3) is 4.81. The van der Waals surface area contributed by atoms with Crippen molar-refractivity contribution in [3.8, 4) is 0 Å². The van der Waals surface area contributed by atoms with E-state index in [1.165, 1.54) is 45.7 Å². The van der Waals surface area contributed by atoms with Crippen LogP contribution in [0, 0.1) is 5.92 Å². The van der Waals surface area contributed by atoms with Crippen LogP contribution in [-0.4, -0.2) is 60.8 Å². The van der Waals surface area contributed by atoms with Gasteiger partial charge >= 0.3 is 0 Å². The third-order valence-electron chi connectivity index (χ3n) is 3.66. The second-order valence-corrected chi connectivity index (χ2v) is 4.87. The number of aliphatic hydroxyl groups excluding tert-OH is 1. The van der Waals surface area contributed by atoms with Crippen LogP contribution in [0.1, 0.15) is 33.1 Å². The largest absolute Gasteiger partial charge is 0.396 e. The highest BCUT2D eigenvalue weighted by Crippen LogP contribution is 2.17. The van der Waals surface area contributed by atoms with Gasteiger partial charge in [-0.25, -0.2) is 0 Å². The summed E-state index contributed by atoms with van der Waals surface area (Å²) >= 11 is 0. The number of nitrogens with zero attached hydrogens (tertiary/aromatic N) is 2. The fraction of sp³-hybridized carbons (Fsp3) is 1.00. The molecule has 0 amide bonds. The standard InChI is InChI=1S/C13H28N2O/c1-3-14(4-2)11-13-7-9-15(12-13)8-5-6-10-16/h13,16H,3-12H2,1-2H3. The van der Waals surface area contributed by atoms with E-state index < -0.39 is 0 Å². The summed E-state index contributed by atoms with van der Waals surface area (Å²) in [6, 6.07) is 0. The fourth-order valence-corrected chi connectivity index (χ4v) is 2.56. The van der Waals surface area contributed by atoms with Crippen LogP contribution < -0.4 is 0 Å². The van der Waals surface area contributed by atoms with Gasteiger partial charge in [-0.1, -0.05) is 13.8 Å². The molecular formula is C13H28N2O. The van der Waals surface area contributed by atoms with Crippen LogP contribution in [0.5, 0.6) is 0 Å². The third-order valence-corrected chi connectivity index (χ3v) is 3.66. The summed E-state index contributed by atoms with van der Waals surface area (Å²) in [5.74, 6) is 0.869. The first-order valence-corrected chi connectivity index (χ1v) is 6.85. The zero-order valence-electron chi connectivity index (χ0n) is 11.0. The Labute approximate surface area is 100 Å². The normalized spacial score (nSPS) is 22.1. The van der Waals surface area contributed by atoms with Crippen LogP contribution in [0.15, 0.2) is 0 Å². The van der Waals surface area contributed by atoms with Gasteiger partial charge in [0.2, 0.25) is 0 Å². The molecule has 1 N–H and O–H groups in total. The highest BCUT2D eigenvalue weighted by atomic mass is 16.2. The van der Waals surface area contributed by atoms with Gasteiger partial charge in [0, 0.05) is 19.7 Å². The summed E-state index contributed by atoms with van der Waals surface area (Å²) < 4.78 is 0. The zero-order valence-corrected chi connectivity index (χ0v) is 11.0. The number of likely N-dealkylation sites (tertiary alicyclic amines) is 1. The van der Waals surface area contributed by atoms with Gasteiger partial charge in [0.15, 0.2) is 0 Å². The van der Waals surface area contributed by atoms with Crippen LogP contribution in [0.3, 0.4) is 0 Å². The minimum atomic E-state index is 0.344. The van der Waals surface area contributed by atoms with Crippen molar-refractivity contribution in [1.29, 1.82) is 0 Å². The summed E-state index contributed by atoms with van der Waals surface area (Å²) in [7, 11) is 0. The van der Waals surface area contributed by atoms with E-state index in [0.29, 0.717) is 6.61 Å². The topological polar surface area (TPSA) is 26.7 Å². The Morgan fingerprint density at radius 1 is 1.25 bits per heavy atom. The molecule has 3 nitrogen and oxygen atoms in total. The van der Waals surface area contributed by atoms with E-state index in [2.05, 4.69) is 23.6 Å². The lowest BCUT2D eigenvalue weighted by atomic mass is 10.1. The first-order chi connectivity index (χ1) is 7.80. The molecule has 1 aliphatic rings. The van der Waals surface area contributed by atoms with E-state index in [4.69, 9.17) is 5.11 Å². The molecule has 1 aliphatic heterocycles. The molecule has 0 aromatic carbocycles. The van der Waals surface area contributed by atoms with Crippen LogP contribution in [-0.2, 0) is 0 Å². The highest BCUT2D eigenvalue weighted by Gasteiger charge is 2.22. The monoisotopic (exact) mass is 228 g/mol. The van der Waals surface area contributed by atoms with E-state index in [9.17, 15) is 0 Å². The summed E-state index contributed by atoms with van der Waals surface area (Å²) in [6.45, 7) is 12.2. The van der Waals surface area contributed by atoms with Gasteiger partial charge in [-0.3, -0.25) is 0 Å². The second kappa shape index (κ2) is 8.04. The van der Waals surface area contributed by atoms with Crippen LogP contribution in [0.25, 0.3) is 0 Å². The van der Waals surface area contributed by atoms with E-state index >= 15 is 0 Å².